The molecule has 0 radical (unpaired) electrons. The van der Waals surface area contributed by atoms with Crippen LogP contribution in [0.2, 0.25) is 0 Å². The number of phenols is 1. The molecule has 3 fully saturated rings. The van der Waals surface area contributed by atoms with Crippen molar-refractivity contribution in [1.29, 1.82) is 0 Å². The first kappa shape index (κ1) is 33.7. The molecule has 50 heavy (non-hydrogen) atoms. The molecule has 0 aromatic heterocycles. The van der Waals surface area contributed by atoms with Crippen LogP contribution in [-0.4, -0.2) is 45.6 Å². The van der Waals surface area contributed by atoms with Crippen LogP contribution in [0.5, 0.6) is 11.5 Å². The van der Waals surface area contributed by atoms with Gasteiger partial charge in [0.15, 0.2) is 44.5 Å². The van der Waals surface area contributed by atoms with Crippen LogP contribution < -0.4 is 14.5 Å². The predicted molar refractivity (Wildman–Crippen MR) is 170 cm³/mol. The first-order valence-corrected chi connectivity index (χ1v) is 15.9. The van der Waals surface area contributed by atoms with E-state index in [1.807, 2.05) is 0 Å². The Labute approximate surface area is 290 Å². The van der Waals surface area contributed by atoms with Crippen LogP contribution in [0.4, 0.5) is 33.3 Å². The fourth-order valence-electron chi connectivity index (χ4n) is 7.65. The molecule has 1 saturated carbocycles. The largest absolute Gasteiger partial charge is 0.504 e. The quantitative estimate of drug-likeness (QED) is 0.0813. The maximum absolute atomic E-state index is 15.2. The minimum Gasteiger partial charge on any atom is -0.504 e. The lowest BCUT2D eigenvalue weighted by Crippen LogP contribution is -2.60. The van der Waals surface area contributed by atoms with Gasteiger partial charge < -0.3 is 9.84 Å². The van der Waals surface area contributed by atoms with Crippen molar-refractivity contribution in [3.63, 3.8) is 0 Å². The molecule has 4 amide bonds. The Balaban J connectivity index is 1.40. The first-order chi connectivity index (χ1) is 23.7. The number of carbonyl (C=O) groups excluding carboxylic acids is 4. The highest BCUT2D eigenvalue weighted by atomic mass is 35.5. The molecule has 3 aromatic rings. The van der Waals surface area contributed by atoms with Crippen LogP contribution in [0.25, 0.3) is 6.08 Å². The molecule has 2 heterocycles. The Morgan fingerprint density at radius 2 is 1.48 bits per heavy atom. The van der Waals surface area contributed by atoms with Crippen molar-refractivity contribution in [1.82, 2.24) is 0 Å². The lowest BCUT2D eigenvalue weighted by molar-refractivity contribution is -0.125. The van der Waals surface area contributed by atoms with Crippen LogP contribution in [0.15, 0.2) is 66.3 Å². The molecule has 7 rings (SSSR count). The molecule has 6 atom stereocenters. The fourth-order valence-corrected chi connectivity index (χ4v) is 8.54. The number of nitrogens with zero attached hydrogens (tertiary/aromatic N) is 2. The van der Waals surface area contributed by atoms with Gasteiger partial charge in [-0.25, -0.2) is 26.9 Å². The number of imide groups is 2. The van der Waals surface area contributed by atoms with Gasteiger partial charge in [0.1, 0.15) is 5.69 Å². The topological polar surface area (TPSA) is 104 Å². The van der Waals surface area contributed by atoms with Gasteiger partial charge in [-0.2, -0.15) is 0 Å². The molecule has 3 aromatic carbocycles. The van der Waals surface area contributed by atoms with E-state index in [1.165, 1.54) is 37.5 Å². The van der Waals surface area contributed by atoms with Crippen LogP contribution in [-0.2, 0) is 19.2 Å². The third-order valence-electron chi connectivity index (χ3n) is 9.98. The molecule has 4 aliphatic rings. The molecule has 15 heteroatoms. The molecule has 1 N–H and O–H groups in total. The Kier molecular flexibility index (Phi) is 7.87. The highest BCUT2D eigenvalue weighted by molar-refractivity contribution is 6.58. The molecule has 0 unspecified atom stereocenters. The number of halogens is 7. The van der Waals surface area contributed by atoms with Gasteiger partial charge in [0.25, 0.3) is 11.8 Å². The zero-order valence-corrected chi connectivity index (χ0v) is 27.1. The Bertz CT molecular complexity index is 2070. The number of phenolic OH excluding ortho intramolecular Hbond substituents is 1. The number of amides is 4. The average molecular weight is 733 g/mol. The smallest absolute Gasteiger partial charge is 0.258 e. The minimum absolute atomic E-state index is 0.00747. The second kappa shape index (κ2) is 11.7. The first-order valence-electron chi connectivity index (χ1n) is 15.1. The monoisotopic (exact) mass is 732 g/mol. The summed E-state index contributed by atoms with van der Waals surface area (Å²) in [5, 5.41) is 10.1. The molecule has 258 valence electrons. The molecular weight excluding hydrogens is 710 g/mol. The fraction of sp³-hybridized carbons (Fsp3) is 0.257. The Morgan fingerprint density at radius 3 is 2.12 bits per heavy atom. The molecule has 0 spiro atoms. The van der Waals surface area contributed by atoms with E-state index in [1.54, 1.807) is 36.4 Å². The van der Waals surface area contributed by atoms with Crippen molar-refractivity contribution in [2.45, 2.75) is 22.6 Å². The zero-order chi connectivity index (χ0) is 36.0. The van der Waals surface area contributed by atoms with E-state index < -0.39 is 98.2 Å². The Morgan fingerprint density at radius 1 is 0.840 bits per heavy atom. The predicted octanol–water partition coefficient (Wildman–Crippen LogP) is 6.41. The van der Waals surface area contributed by atoms with Crippen LogP contribution in [0, 0.1) is 52.8 Å². The second-order valence-corrected chi connectivity index (χ2v) is 13.6. The van der Waals surface area contributed by atoms with Gasteiger partial charge >= 0.3 is 0 Å². The third kappa shape index (κ3) is 4.41. The lowest BCUT2D eigenvalue weighted by atomic mass is 9.57. The number of fused-ring (bicyclic) bond motifs is 4. The van der Waals surface area contributed by atoms with E-state index in [0.717, 1.165) is 4.90 Å². The van der Waals surface area contributed by atoms with E-state index >= 15 is 8.78 Å². The van der Waals surface area contributed by atoms with E-state index in [4.69, 9.17) is 27.9 Å². The van der Waals surface area contributed by atoms with Gasteiger partial charge in [0.05, 0.1) is 24.6 Å². The zero-order valence-electron chi connectivity index (χ0n) is 25.6. The van der Waals surface area contributed by atoms with Gasteiger partial charge in [0.2, 0.25) is 17.6 Å². The van der Waals surface area contributed by atoms with Crippen molar-refractivity contribution in [3.8, 4) is 11.5 Å². The second-order valence-electron chi connectivity index (χ2n) is 12.4. The van der Waals surface area contributed by atoms with Crippen LogP contribution in [0.1, 0.15) is 18.4 Å². The number of para-hydroxylation sites is 1. The summed E-state index contributed by atoms with van der Waals surface area (Å²) in [6.45, 7) is 0. The molecule has 2 saturated heterocycles. The number of anilines is 2. The summed E-state index contributed by atoms with van der Waals surface area (Å²) in [7, 11) is 1.31. The van der Waals surface area contributed by atoms with Gasteiger partial charge in [-0.15, -0.1) is 23.2 Å². The van der Waals surface area contributed by atoms with Gasteiger partial charge in [-0.05, 0) is 48.6 Å². The number of carbonyl (C=O) groups is 4. The average Bonchev–Trinajstić information content (AvgIpc) is 3.45. The van der Waals surface area contributed by atoms with Crippen molar-refractivity contribution in [2.75, 3.05) is 16.9 Å². The van der Waals surface area contributed by atoms with E-state index in [2.05, 4.69) is 0 Å². The number of methoxy groups -OCH3 is 1. The summed E-state index contributed by atoms with van der Waals surface area (Å²) in [6, 6.07) is 12.3. The van der Waals surface area contributed by atoms with E-state index in [-0.39, 0.29) is 22.8 Å². The van der Waals surface area contributed by atoms with Crippen molar-refractivity contribution >= 4 is 64.3 Å². The van der Waals surface area contributed by atoms with E-state index in [0.29, 0.717) is 16.8 Å². The normalized spacial score (nSPS) is 29.0. The number of ether oxygens (including phenoxy) is 1. The summed E-state index contributed by atoms with van der Waals surface area (Å²) in [5.41, 5.74) is -0.874. The summed E-state index contributed by atoms with van der Waals surface area (Å²) in [5.74, 6) is -21.2. The third-order valence-corrected chi connectivity index (χ3v) is 11.4. The molecule has 0 bridgehead atoms. The maximum Gasteiger partial charge on any atom is 0.258 e. The Hall–Kier alpha value is -4.75. The standard InChI is InChI=1S/C35H23Cl2F5N2O6/c1-50-22-13-15(8-12-21(22)45)7-11-20-17-9-10-18-23(31(47)43(30(18)46)16-5-3-2-4-6-16)19(17)14-34(36)32(48)44(33(49)35(20,34)37)29-27(41)25(39)24(38)26(40)28(29)42/h2-9,11-13,18-20,23,45H,10,14H2,1H3/t18-,19+,20-,23-,34+,35-/m0/s1. The van der Waals surface area contributed by atoms with Crippen molar-refractivity contribution in [3.05, 3.63) is 101 Å². The molecule has 2 aliphatic carbocycles. The van der Waals surface area contributed by atoms with Crippen LogP contribution in [0.3, 0.4) is 0 Å². The summed E-state index contributed by atoms with van der Waals surface area (Å²) in [6.07, 6.45) is 3.78. The van der Waals surface area contributed by atoms with Crippen molar-refractivity contribution in [2.24, 2.45) is 23.7 Å². The molecule has 8 nitrogen and oxygen atoms in total. The summed E-state index contributed by atoms with van der Waals surface area (Å²) >= 11 is 14.2. The SMILES string of the molecule is COc1cc(C=C[C@H]2C3=CC[C@@H]4C(=O)N(c5ccccc5)C(=O)[C@@H]4[C@@H]3C[C@@]3(Cl)C(=O)N(c4c(F)c(F)c(F)c(F)c4F)C(=O)[C@@]23Cl)ccc1O. The highest BCUT2D eigenvalue weighted by Gasteiger charge is 2.76. The minimum atomic E-state index is -2.64. The number of hydrogen-bond donors (Lipinski definition) is 1. The lowest BCUT2D eigenvalue weighted by Gasteiger charge is -2.49. The number of alkyl halides is 2. The number of aromatic hydroxyl groups is 1. The number of rotatable bonds is 5. The summed E-state index contributed by atoms with van der Waals surface area (Å²) in [4.78, 5) is 51.7. The van der Waals surface area contributed by atoms with E-state index in [9.17, 15) is 37.5 Å². The molecular formula is C35H23Cl2F5N2O6. The van der Waals surface area contributed by atoms with Crippen LogP contribution >= 0.6 is 23.2 Å². The molecule has 2 aliphatic heterocycles. The van der Waals surface area contributed by atoms with Gasteiger partial charge in [-0.3, -0.25) is 24.1 Å². The maximum atomic E-state index is 15.2. The van der Waals surface area contributed by atoms with Crippen molar-refractivity contribution < 1.29 is 51.0 Å². The number of benzene rings is 3. The number of hydrogen-bond acceptors (Lipinski definition) is 6. The van der Waals surface area contributed by atoms with Gasteiger partial charge in [0, 0.05) is 5.92 Å². The highest BCUT2D eigenvalue weighted by Crippen LogP contribution is 2.64. The summed E-state index contributed by atoms with van der Waals surface area (Å²) < 4.78 is 78.3. The number of allylic oxidation sites excluding steroid dienone is 3. The van der Waals surface area contributed by atoms with Gasteiger partial charge in [-0.1, -0.05) is 48.1 Å².